The molecule has 0 bridgehead atoms. The maximum atomic E-state index is 12.7. The number of carbonyl (C=O) groups is 4. The van der Waals surface area contributed by atoms with Crippen LogP contribution in [-0.2, 0) is 60.4 Å². The molecule has 2 spiro atoms. The Labute approximate surface area is 266 Å². The fraction of sp³-hybridized carbons (Fsp3) is 0.543. The van der Waals surface area contributed by atoms with E-state index in [0.29, 0.717) is 52.1 Å². The lowest BCUT2D eigenvalue weighted by Crippen LogP contribution is -2.53. The van der Waals surface area contributed by atoms with E-state index in [1.807, 2.05) is 60.7 Å². The topological polar surface area (TPSA) is 124 Å². The molecule has 2 aromatic carbocycles. The number of carbonyl (C=O) groups excluding carboxylic acids is 4. The normalized spacial score (nSPS) is 26.4. The number of benzene rings is 2. The van der Waals surface area contributed by atoms with Crippen LogP contribution in [0.4, 0.5) is 0 Å². The lowest BCUT2D eigenvalue weighted by atomic mass is 9.67. The molecular weight excluding hydrogens is 580 g/mol. The van der Waals surface area contributed by atoms with Gasteiger partial charge in [0.15, 0.2) is 23.1 Å². The van der Waals surface area contributed by atoms with Gasteiger partial charge in [-0.1, -0.05) is 68.1 Å². The van der Waals surface area contributed by atoms with Crippen LogP contribution in [0.25, 0.3) is 0 Å². The quantitative estimate of drug-likeness (QED) is 0.334. The van der Waals surface area contributed by atoms with Gasteiger partial charge in [0.05, 0.1) is 40.6 Å². The molecular formula is C35H46O10. The van der Waals surface area contributed by atoms with Gasteiger partial charge in [-0.3, -0.25) is 19.2 Å². The molecule has 45 heavy (non-hydrogen) atoms. The van der Waals surface area contributed by atoms with E-state index in [1.165, 1.54) is 14.2 Å². The van der Waals surface area contributed by atoms with Crippen LogP contribution >= 0.6 is 0 Å². The molecule has 2 aromatic rings. The molecule has 4 aliphatic rings. The summed E-state index contributed by atoms with van der Waals surface area (Å²) in [7, 11) is 2.62. The molecule has 4 fully saturated rings. The minimum atomic E-state index is -1.22. The van der Waals surface area contributed by atoms with Crippen molar-refractivity contribution in [3.63, 3.8) is 0 Å². The van der Waals surface area contributed by atoms with Crippen molar-refractivity contribution in [3.05, 3.63) is 71.8 Å². The molecule has 2 saturated heterocycles. The molecule has 2 heterocycles. The highest BCUT2D eigenvalue weighted by atomic mass is 16.7. The second kappa shape index (κ2) is 14.8. The molecule has 3 atom stereocenters. The lowest BCUT2D eigenvalue weighted by Gasteiger charge is -2.41. The highest BCUT2D eigenvalue weighted by Gasteiger charge is 2.58. The van der Waals surface area contributed by atoms with Crippen molar-refractivity contribution >= 4 is 23.5 Å². The summed E-state index contributed by atoms with van der Waals surface area (Å²) >= 11 is 0. The Kier molecular flexibility index (Phi) is 11.3. The summed E-state index contributed by atoms with van der Waals surface area (Å²) in [4.78, 5) is 49.8. The van der Waals surface area contributed by atoms with Crippen LogP contribution in [0, 0.1) is 17.3 Å². The molecule has 2 aliphatic heterocycles. The Morgan fingerprint density at radius 1 is 0.800 bits per heavy atom. The maximum absolute atomic E-state index is 12.7. The number of hydrogen-bond donors (Lipinski definition) is 0. The van der Waals surface area contributed by atoms with Gasteiger partial charge in [-0.2, -0.15) is 0 Å². The second-order valence-corrected chi connectivity index (χ2v) is 11.8. The van der Waals surface area contributed by atoms with Gasteiger partial charge in [-0.25, -0.2) is 0 Å². The van der Waals surface area contributed by atoms with Crippen LogP contribution in [0.15, 0.2) is 60.7 Å². The first-order chi connectivity index (χ1) is 21.2. The summed E-state index contributed by atoms with van der Waals surface area (Å²) in [5.74, 6) is -3.89. The molecule has 6 rings (SSSR count). The zero-order valence-electron chi connectivity index (χ0n) is 25.3. The average Bonchev–Trinajstić information content (AvgIpc) is 3.71. The number of hydrogen-bond acceptors (Lipinski definition) is 10. The van der Waals surface area contributed by atoms with Crippen molar-refractivity contribution in [1.82, 2.24) is 0 Å². The minimum absolute atomic E-state index is 0. The molecule has 0 N–H and O–H groups in total. The number of methoxy groups -OCH3 is 2. The fourth-order valence-corrected chi connectivity index (χ4v) is 6.89. The number of Topliss-reactive ketones (excluding diaryl/α,β-unsaturated/α-hetero) is 2. The molecule has 10 heteroatoms. The number of esters is 2. The molecule has 2 aliphatic carbocycles. The van der Waals surface area contributed by atoms with Crippen LogP contribution in [0.3, 0.4) is 0 Å². The highest BCUT2D eigenvalue weighted by Crippen LogP contribution is 2.46. The Balaban J connectivity index is 0.000000240. The van der Waals surface area contributed by atoms with Crippen molar-refractivity contribution in [1.29, 1.82) is 0 Å². The van der Waals surface area contributed by atoms with E-state index in [1.54, 1.807) is 0 Å². The van der Waals surface area contributed by atoms with Gasteiger partial charge in [-0.15, -0.1) is 0 Å². The van der Waals surface area contributed by atoms with Gasteiger partial charge in [0, 0.05) is 39.4 Å². The highest BCUT2D eigenvalue weighted by molar-refractivity contribution is 6.05. The Hall–Kier alpha value is -3.44. The minimum Gasteiger partial charge on any atom is -0.468 e. The van der Waals surface area contributed by atoms with E-state index in [9.17, 15) is 19.2 Å². The van der Waals surface area contributed by atoms with E-state index < -0.39 is 34.8 Å². The van der Waals surface area contributed by atoms with Gasteiger partial charge in [0.1, 0.15) is 11.3 Å². The summed E-state index contributed by atoms with van der Waals surface area (Å²) in [6.07, 6.45) is 2.63. The molecule has 10 nitrogen and oxygen atoms in total. The summed E-state index contributed by atoms with van der Waals surface area (Å²) in [6.45, 7) is 1.99. The summed E-state index contributed by atoms with van der Waals surface area (Å²) in [5, 5.41) is 0. The SMILES string of the molecule is C.COC(=O)C1(Cc2ccccc2)CC2(CCC1=O)OCCO2.COC(=O)C1CC2(CC(Cc3ccccc3)C1=O)OCCO2.[HH]. The van der Waals surface area contributed by atoms with Gasteiger partial charge < -0.3 is 28.4 Å². The first-order valence-corrected chi connectivity index (χ1v) is 15.1. The van der Waals surface area contributed by atoms with E-state index in [-0.39, 0.29) is 45.6 Å². The van der Waals surface area contributed by atoms with E-state index in [4.69, 9.17) is 28.4 Å². The van der Waals surface area contributed by atoms with Gasteiger partial charge in [0.2, 0.25) is 0 Å². The van der Waals surface area contributed by atoms with Crippen LogP contribution in [0.1, 0.15) is 52.1 Å². The summed E-state index contributed by atoms with van der Waals surface area (Å²) in [5.41, 5.74) is 0.773. The first-order valence-electron chi connectivity index (χ1n) is 15.1. The first kappa shape index (κ1) is 34.4. The Bertz CT molecular complexity index is 1300. The fourth-order valence-electron chi connectivity index (χ4n) is 6.89. The predicted octanol–water partition coefficient (Wildman–Crippen LogP) is 4.51. The largest absolute Gasteiger partial charge is 0.468 e. The van der Waals surface area contributed by atoms with E-state index in [0.717, 1.165) is 11.1 Å². The number of rotatable bonds is 6. The summed E-state index contributed by atoms with van der Waals surface area (Å²) < 4.78 is 32.7. The smallest absolute Gasteiger partial charge is 0.319 e. The predicted molar refractivity (Wildman–Crippen MR) is 165 cm³/mol. The van der Waals surface area contributed by atoms with Crippen molar-refractivity contribution in [2.24, 2.45) is 17.3 Å². The maximum Gasteiger partial charge on any atom is 0.319 e. The second-order valence-electron chi connectivity index (χ2n) is 11.8. The lowest BCUT2D eigenvalue weighted by molar-refractivity contribution is -0.208. The number of ketones is 2. The zero-order valence-corrected chi connectivity index (χ0v) is 25.3. The monoisotopic (exact) mass is 626 g/mol. The Morgan fingerprint density at radius 3 is 1.91 bits per heavy atom. The van der Waals surface area contributed by atoms with Crippen LogP contribution in [0.2, 0.25) is 0 Å². The number of ether oxygens (including phenoxy) is 6. The van der Waals surface area contributed by atoms with Crippen molar-refractivity contribution in [3.8, 4) is 0 Å². The summed E-state index contributed by atoms with van der Waals surface area (Å²) in [6, 6.07) is 19.3. The van der Waals surface area contributed by atoms with Crippen LogP contribution in [-0.4, -0.2) is 75.7 Å². The Morgan fingerprint density at radius 2 is 1.36 bits per heavy atom. The van der Waals surface area contributed by atoms with Crippen LogP contribution in [0.5, 0.6) is 0 Å². The van der Waals surface area contributed by atoms with Gasteiger partial charge in [0.25, 0.3) is 0 Å². The van der Waals surface area contributed by atoms with E-state index >= 15 is 0 Å². The molecule has 0 radical (unpaired) electrons. The molecule has 3 unspecified atom stereocenters. The molecule has 246 valence electrons. The molecule has 0 aromatic heterocycles. The standard InChI is InChI=1S/2C17H20O5.CH4.H2/c1-20-16(19)14-11-17(21-7-8-22-17)10-13(15(14)18)9-12-5-3-2-4-6-12;1-20-15(19)16(11-13-5-3-2-4-6-13)12-17(8-7-14(16)18)21-9-10-22-17;;/h2-6,13-14H,7-11H2,1H3;2-6H,7-12H2,1H3;1H4;1H. The van der Waals surface area contributed by atoms with Crippen molar-refractivity contribution in [2.75, 3.05) is 40.6 Å². The van der Waals surface area contributed by atoms with Crippen molar-refractivity contribution < 1.29 is 49.0 Å². The van der Waals surface area contributed by atoms with Gasteiger partial charge in [-0.05, 0) is 24.0 Å². The van der Waals surface area contributed by atoms with Gasteiger partial charge >= 0.3 is 11.9 Å². The van der Waals surface area contributed by atoms with Crippen molar-refractivity contribution in [2.45, 2.75) is 63.9 Å². The zero-order chi connectivity index (χ0) is 31.2. The molecule has 2 saturated carbocycles. The third-order valence-electron chi connectivity index (χ3n) is 9.02. The van der Waals surface area contributed by atoms with E-state index in [2.05, 4.69) is 0 Å². The molecule has 0 amide bonds. The third kappa shape index (κ3) is 7.52. The average molecular weight is 627 g/mol. The van der Waals surface area contributed by atoms with Crippen LogP contribution < -0.4 is 0 Å². The third-order valence-corrected chi connectivity index (χ3v) is 9.02.